The van der Waals surface area contributed by atoms with Gasteiger partial charge in [0.15, 0.2) is 0 Å². The van der Waals surface area contributed by atoms with Gasteiger partial charge in [0.05, 0.1) is 5.75 Å². The Kier molecular flexibility index (Phi) is 3.89. The minimum absolute atomic E-state index is 0.155. The van der Waals surface area contributed by atoms with Crippen molar-refractivity contribution in [1.82, 2.24) is 4.98 Å². The first-order valence-electron chi connectivity index (χ1n) is 5.61. The SMILES string of the molecule is C[S@@](=O)C[C@@](O)(c1ccccc1)c1cccnc1. The molecule has 0 saturated carbocycles. The standard InChI is InChI=1S/C14H15NO2S/c1-18(17)11-14(16,12-6-3-2-4-7-12)13-8-5-9-15-10-13/h2-10,16H,11H2,1H3/t14-,18-/m1/s1. The molecule has 3 nitrogen and oxygen atoms in total. The van der Waals surface area contributed by atoms with Gasteiger partial charge in [0.25, 0.3) is 0 Å². The second-order valence-electron chi connectivity index (χ2n) is 4.19. The van der Waals surface area contributed by atoms with E-state index in [4.69, 9.17) is 0 Å². The normalized spacial score (nSPS) is 15.9. The maximum absolute atomic E-state index is 11.5. The molecule has 1 heterocycles. The summed E-state index contributed by atoms with van der Waals surface area (Å²) >= 11 is 0. The van der Waals surface area contributed by atoms with Crippen LogP contribution >= 0.6 is 0 Å². The first kappa shape index (κ1) is 12.9. The maximum atomic E-state index is 11.5. The monoisotopic (exact) mass is 261 g/mol. The van der Waals surface area contributed by atoms with E-state index in [0.29, 0.717) is 5.56 Å². The van der Waals surface area contributed by atoms with Crippen molar-refractivity contribution < 1.29 is 9.32 Å². The fraction of sp³-hybridized carbons (Fsp3) is 0.214. The molecule has 0 spiro atoms. The summed E-state index contributed by atoms with van der Waals surface area (Å²) in [5.41, 5.74) is 0.134. The van der Waals surface area contributed by atoms with E-state index in [1.54, 1.807) is 30.8 Å². The van der Waals surface area contributed by atoms with Gasteiger partial charge in [-0.1, -0.05) is 36.4 Å². The van der Waals surface area contributed by atoms with Crippen molar-refractivity contribution in [3.05, 3.63) is 66.0 Å². The van der Waals surface area contributed by atoms with Crippen molar-refractivity contribution in [2.75, 3.05) is 12.0 Å². The second-order valence-corrected chi connectivity index (χ2v) is 5.62. The van der Waals surface area contributed by atoms with Crippen LogP contribution in [0.25, 0.3) is 0 Å². The number of benzene rings is 1. The predicted octanol–water partition coefficient (Wildman–Crippen LogP) is 1.70. The number of nitrogens with zero attached hydrogens (tertiary/aromatic N) is 1. The first-order chi connectivity index (χ1) is 8.63. The van der Waals surface area contributed by atoms with Crippen molar-refractivity contribution in [1.29, 1.82) is 0 Å². The van der Waals surface area contributed by atoms with Crippen molar-refractivity contribution in [2.24, 2.45) is 0 Å². The van der Waals surface area contributed by atoms with Crippen LogP contribution in [0.4, 0.5) is 0 Å². The van der Waals surface area contributed by atoms with Gasteiger partial charge in [-0.25, -0.2) is 0 Å². The molecule has 0 fully saturated rings. The summed E-state index contributed by atoms with van der Waals surface area (Å²) in [5, 5.41) is 10.9. The van der Waals surface area contributed by atoms with Crippen LogP contribution in [0.5, 0.6) is 0 Å². The number of hydrogen-bond acceptors (Lipinski definition) is 3. The Labute approximate surface area is 109 Å². The lowest BCUT2D eigenvalue weighted by molar-refractivity contribution is 0.106. The molecule has 2 atom stereocenters. The van der Waals surface area contributed by atoms with Gasteiger partial charge >= 0.3 is 0 Å². The molecule has 2 aromatic rings. The minimum atomic E-state index is -1.25. The van der Waals surface area contributed by atoms with Crippen molar-refractivity contribution in [3.63, 3.8) is 0 Å². The zero-order valence-corrected chi connectivity index (χ0v) is 10.9. The van der Waals surface area contributed by atoms with E-state index >= 15 is 0 Å². The third-order valence-corrected chi connectivity index (χ3v) is 3.63. The fourth-order valence-corrected chi connectivity index (χ4v) is 2.87. The van der Waals surface area contributed by atoms with Crippen LogP contribution < -0.4 is 0 Å². The molecule has 2 rings (SSSR count). The van der Waals surface area contributed by atoms with E-state index in [0.717, 1.165) is 5.56 Å². The van der Waals surface area contributed by atoms with Gasteiger partial charge < -0.3 is 5.11 Å². The molecule has 0 amide bonds. The minimum Gasteiger partial charge on any atom is -0.379 e. The third-order valence-electron chi connectivity index (χ3n) is 2.80. The van der Waals surface area contributed by atoms with Crippen LogP contribution in [0.2, 0.25) is 0 Å². The quantitative estimate of drug-likeness (QED) is 0.911. The summed E-state index contributed by atoms with van der Waals surface area (Å²) in [6.45, 7) is 0. The van der Waals surface area contributed by atoms with E-state index < -0.39 is 16.4 Å². The predicted molar refractivity (Wildman–Crippen MR) is 72.6 cm³/mol. The molecule has 4 heteroatoms. The topological polar surface area (TPSA) is 50.2 Å². The Morgan fingerprint density at radius 1 is 1.17 bits per heavy atom. The largest absolute Gasteiger partial charge is 0.379 e. The molecule has 0 aliphatic heterocycles. The van der Waals surface area contributed by atoms with Crippen LogP contribution in [0.15, 0.2) is 54.9 Å². The summed E-state index contributed by atoms with van der Waals surface area (Å²) in [5.74, 6) is 0.155. The number of rotatable bonds is 4. The number of pyridine rings is 1. The Morgan fingerprint density at radius 2 is 1.83 bits per heavy atom. The fourth-order valence-electron chi connectivity index (χ4n) is 1.95. The van der Waals surface area contributed by atoms with Gasteiger partial charge in [-0.2, -0.15) is 0 Å². The highest BCUT2D eigenvalue weighted by molar-refractivity contribution is 7.84. The Morgan fingerprint density at radius 3 is 2.39 bits per heavy atom. The highest BCUT2D eigenvalue weighted by Gasteiger charge is 2.32. The molecule has 0 bridgehead atoms. The molecular formula is C14H15NO2S. The molecule has 0 radical (unpaired) electrons. The Balaban J connectivity index is 2.51. The highest BCUT2D eigenvalue weighted by atomic mass is 32.2. The summed E-state index contributed by atoms with van der Waals surface area (Å²) in [7, 11) is -1.11. The Hall–Kier alpha value is -1.52. The first-order valence-corrected chi connectivity index (χ1v) is 7.34. The lowest BCUT2D eigenvalue weighted by Gasteiger charge is -2.28. The molecule has 0 saturated heterocycles. The van der Waals surface area contributed by atoms with E-state index in [1.165, 1.54) is 0 Å². The van der Waals surface area contributed by atoms with Crippen molar-refractivity contribution in [3.8, 4) is 0 Å². The summed E-state index contributed by atoms with van der Waals surface area (Å²) in [6.07, 6.45) is 4.85. The summed E-state index contributed by atoms with van der Waals surface area (Å²) in [4.78, 5) is 4.02. The van der Waals surface area contributed by atoms with Crippen molar-refractivity contribution >= 4 is 10.8 Å². The lowest BCUT2D eigenvalue weighted by Crippen LogP contribution is -2.33. The van der Waals surface area contributed by atoms with Crippen LogP contribution in [0.1, 0.15) is 11.1 Å². The molecule has 0 aliphatic carbocycles. The average Bonchev–Trinajstić information content (AvgIpc) is 2.40. The Bertz CT molecular complexity index is 489. The van der Waals surface area contributed by atoms with Crippen LogP contribution in [0.3, 0.4) is 0 Å². The highest BCUT2D eigenvalue weighted by Crippen LogP contribution is 2.29. The molecule has 1 aromatic heterocycles. The third kappa shape index (κ3) is 2.66. The molecule has 1 N–H and O–H groups in total. The summed E-state index contributed by atoms with van der Waals surface area (Å²) in [6, 6.07) is 12.8. The van der Waals surface area contributed by atoms with Gasteiger partial charge in [-0.05, 0) is 11.6 Å². The van der Waals surface area contributed by atoms with E-state index in [9.17, 15) is 9.32 Å². The molecule has 18 heavy (non-hydrogen) atoms. The smallest absolute Gasteiger partial charge is 0.128 e. The summed E-state index contributed by atoms with van der Waals surface area (Å²) < 4.78 is 11.5. The maximum Gasteiger partial charge on any atom is 0.128 e. The van der Waals surface area contributed by atoms with Gasteiger partial charge in [0.1, 0.15) is 5.60 Å². The molecule has 0 aliphatic rings. The second kappa shape index (κ2) is 5.42. The van der Waals surface area contributed by atoms with Crippen molar-refractivity contribution in [2.45, 2.75) is 5.60 Å². The van der Waals surface area contributed by atoms with Gasteiger partial charge in [0.2, 0.25) is 0 Å². The molecule has 0 unspecified atom stereocenters. The average molecular weight is 261 g/mol. The van der Waals surface area contributed by atoms with Crippen LogP contribution in [-0.4, -0.2) is 26.3 Å². The van der Waals surface area contributed by atoms with E-state index in [2.05, 4.69) is 4.98 Å². The number of aliphatic hydroxyl groups is 1. The zero-order valence-electron chi connectivity index (χ0n) is 10.1. The van der Waals surface area contributed by atoms with Gasteiger partial charge in [-0.15, -0.1) is 0 Å². The molecule has 1 aromatic carbocycles. The lowest BCUT2D eigenvalue weighted by atomic mass is 9.89. The van der Waals surface area contributed by atoms with E-state index in [-0.39, 0.29) is 5.75 Å². The van der Waals surface area contributed by atoms with Gasteiger partial charge in [0, 0.05) is 35.0 Å². The number of aromatic nitrogens is 1. The van der Waals surface area contributed by atoms with E-state index in [1.807, 2.05) is 30.3 Å². The molecule has 94 valence electrons. The van der Waals surface area contributed by atoms with Gasteiger partial charge in [-0.3, -0.25) is 9.19 Å². The van der Waals surface area contributed by atoms with Crippen LogP contribution in [0, 0.1) is 0 Å². The zero-order chi connectivity index (χ0) is 13.0. The van der Waals surface area contributed by atoms with Crippen LogP contribution in [-0.2, 0) is 16.4 Å². The molecular weight excluding hydrogens is 246 g/mol. The number of hydrogen-bond donors (Lipinski definition) is 1.